The normalized spacial score (nSPS) is 19.0. The predicted octanol–water partition coefficient (Wildman–Crippen LogP) is 3.58. The highest BCUT2D eigenvalue weighted by Crippen LogP contribution is 2.42. The molecule has 4 rings (SSSR count). The molecule has 0 spiro atoms. The number of aromatic nitrogens is 2. The van der Waals surface area contributed by atoms with Gasteiger partial charge in [0.25, 0.3) is 0 Å². The average Bonchev–Trinajstić information content (AvgIpc) is 3.20. The van der Waals surface area contributed by atoms with E-state index in [-0.39, 0.29) is 12.1 Å². The van der Waals surface area contributed by atoms with Gasteiger partial charge in [-0.25, -0.2) is 8.42 Å². The van der Waals surface area contributed by atoms with E-state index in [0.717, 1.165) is 34.6 Å². The molecule has 1 saturated heterocycles. The van der Waals surface area contributed by atoms with Crippen LogP contribution < -0.4 is 14.9 Å². The number of H-pyrrole nitrogens is 1. The van der Waals surface area contributed by atoms with Gasteiger partial charge in [0, 0.05) is 29.0 Å². The minimum Gasteiger partial charge on any atom is -0.362 e. The summed E-state index contributed by atoms with van der Waals surface area (Å²) in [4.78, 5) is 10.0. The van der Waals surface area contributed by atoms with Gasteiger partial charge in [-0.15, -0.1) is 0 Å². The minimum atomic E-state index is -3.34. The number of aromatic amines is 1. The lowest BCUT2D eigenvalue weighted by Crippen LogP contribution is -2.29. The Morgan fingerprint density at radius 3 is 2.43 bits per heavy atom. The summed E-state index contributed by atoms with van der Waals surface area (Å²) < 4.78 is 25.5. The standard InChI is InChI=1S/C21H23N5O2S2/c1-13-12-17(14(2)23-13)20-19(18-6-4-5-11-22-18)24-21(29)26(20)16-9-7-15(8-10-16)25-30(3,27)28/h4-12,19-20,23,25H,1-3H3,(H,24,29)/t19-,20-/m0/s1. The summed E-state index contributed by atoms with van der Waals surface area (Å²) >= 11 is 5.71. The van der Waals surface area contributed by atoms with Gasteiger partial charge in [0.2, 0.25) is 10.0 Å². The molecule has 3 N–H and O–H groups in total. The molecule has 0 saturated carbocycles. The van der Waals surface area contributed by atoms with Crippen LogP contribution in [-0.2, 0) is 10.0 Å². The van der Waals surface area contributed by atoms with Gasteiger partial charge in [0.15, 0.2) is 5.11 Å². The number of anilines is 2. The molecule has 1 fully saturated rings. The first kappa shape index (κ1) is 20.4. The molecule has 1 aliphatic rings. The summed E-state index contributed by atoms with van der Waals surface area (Å²) in [5, 5.41) is 4.02. The summed E-state index contributed by atoms with van der Waals surface area (Å²) in [5.74, 6) is 0. The van der Waals surface area contributed by atoms with Crippen molar-refractivity contribution in [3.05, 3.63) is 77.4 Å². The Labute approximate surface area is 181 Å². The molecule has 0 amide bonds. The Hall–Kier alpha value is -2.91. The van der Waals surface area contributed by atoms with Crippen LogP contribution in [0.1, 0.15) is 34.7 Å². The molecule has 2 atom stereocenters. The second-order valence-corrected chi connectivity index (χ2v) is 9.59. The SMILES string of the molecule is Cc1cc([C@H]2[C@H](c3ccccn3)NC(=S)N2c2ccc(NS(C)(=O)=O)cc2)c(C)[nH]1. The van der Waals surface area contributed by atoms with Crippen molar-refractivity contribution in [2.24, 2.45) is 0 Å². The van der Waals surface area contributed by atoms with Gasteiger partial charge >= 0.3 is 0 Å². The number of hydrogen-bond acceptors (Lipinski definition) is 4. The van der Waals surface area contributed by atoms with Crippen molar-refractivity contribution in [3.8, 4) is 0 Å². The quantitative estimate of drug-likeness (QED) is 0.525. The highest BCUT2D eigenvalue weighted by atomic mass is 32.2. The fourth-order valence-electron chi connectivity index (χ4n) is 3.91. The first-order chi connectivity index (χ1) is 14.2. The lowest BCUT2D eigenvalue weighted by molar-refractivity contribution is 0.566. The molecule has 7 nitrogen and oxygen atoms in total. The van der Waals surface area contributed by atoms with Crippen molar-refractivity contribution in [2.45, 2.75) is 25.9 Å². The summed E-state index contributed by atoms with van der Waals surface area (Å²) in [6, 6.07) is 15.0. The molecule has 2 aromatic heterocycles. The largest absolute Gasteiger partial charge is 0.362 e. The highest BCUT2D eigenvalue weighted by Gasteiger charge is 2.41. The number of benzene rings is 1. The Morgan fingerprint density at radius 1 is 1.13 bits per heavy atom. The van der Waals surface area contributed by atoms with Crippen molar-refractivity contribution >= 4 is 38.7 Å². The first-order valence-electron chi connectivity index (χ1n) is 9.47. The number of nitrogens with one attached hydrogen (secondary N) is 3. The number of hydrogen-bond donors (Lipinski definition) is 3. The second kappa shape index (κ2) is 7.73. The van der Waals surface area contributed by atoms with E-state index in [1.54, 1.807) is 18.3 Å². The maximum atomic E-state index is 11.5. The minimum absolute atomic E-state index is 0.105. The topological polar surface area (TPSA) is 90.1 Å². The van der Waals surface area contributed by atoms with Crippen LogP contribution in [0.15, 0.2) is 54.7 Å². The molecule has 30 heavy (non-hydrogen) atoms. The highest BCUT2D eigenvalue weighted by molar-refractivity contribution is 7.92. The zero-order valence-electron chi connectivity index (χ0n) is 16.9. The van der Waals surface area contributed by atoms with Crippen LogP contribution in [0.4, 0.5) is 11.4 Å². The number of thiocarbonyl (C=S) groups is 1. The van der Waals surface area contributed by atoms with E-state index in [4.69, 9.17) is 12.2 Å². The van der Waals surface area contributed by atoms with Crippen molar-refractivity contribution in [2.75, 3.05) is 15.9 Å². The molecule has 3 aromatic rings. The van der Waals surface area contributed by atoms with E-state index in [0.29, 0.717) is 10.8 Å². The third kappa shape index (κ3) is 4.03. The van der Waals surface area contributed by atoms with Crippen LogP contribution in [0, 0.1) is 13.8 Å². The number of pyridine rings is 1. The van der Waals surface area contributed by atoms with Gasteiger partial charge < -0.3 is 15.2 Å². The third-order valence-electron chi connectivity index (χ3n) is 5.06. The van der Waals surface area contributed by atoms with Crippen LogP contribution in [0.25, 0.3) is 0 Å². The molecule has 1 aromatic carbocycles. The number of aryl methyl sites for hydroxylation is 2. The maximum Gasteiger partial charge on any atom is 0.229 e. The summed E-state index contributed by atoms with van der Waals surface area (Å²) in [5.41, 5.74) is 5.56. The number of nitrogens with zero attached hydrogens (tertiary/aromatic N) is 2. The van der Waals surface area contributed by atoms with Crippen molar-refractivity contribution in [1.82, 2.24) is 15.3 Å². The monoisotopic (exact) mass is 441 g/mol. The zero-order valence-corrected chi connectivity index (χ0v) is 18.5. The van der Waals surface area contributed by atoms with E-state index in [9.17, 15) is 8.42 Å². The van der Waals surface area contributed by atoms with Gasteiger partial charge in [0.05, 0.1) is 24.0 Å². The van der Waals surface area contributed by atoms with Crippen LogP contribution in [-0.4, -0.2) is 29.8 Å². The van der Waals surface area contributed by atoms with E-state index in [1.807, 2.05) is 37.3 Å². The van der Waals surface area contributed by atoms with Crippen LogP contribution in [0.3, 0.4) is 0 Å². The Kier molecular flexibility index (Phi) is 5.25. The van der Waals surface area contributed by atoms with Crippen LogP contribution >= 0.6 is 12.2 Å². The van der Waals surface area contributed by atoms with Gasteiger partial charge in [-0.2, -0.15) is 0 Å². The molecular formula is C21H23N5O2S2. The molecular weight excluding hydrogens is 418 g/mol. The molecule has 9 heteroatoms. The van der Waals surface area contributed by atoms with Crippen molar-refractivity contribution < 1.29 is 8.42 Å². The summed E-state index contributed by atoms with van der Waals surface area (Å²) in [6.07, 6.45) is 2.91. The summed E-state index contributed by atoms with van der Waals surface area (Å²) in [7, 11) is -3.34. The van der Waals surface area contributed by atoms with E-state index >= 15 is 0 Å². The number of sulfonamides is 1. The van der Waals surface area contributed by atoms with Crippen LogP contribution in [0.5, 0.6) is 0 Å². The first-order valence-corrected chi connectivity index (χ1v) is 11.8. The zero-order chi connectivity index (χ0) is 21.5. The van der Waals surface area contributed by atoms with E-state index < -0.39 is 10.0 Å². The van der Waals surface area contributed by atoms with Gasteiger partial charge in [-0.3, -0.25) is 9.71 Å². The van der Waals surface area contributed by atoms with Gasteiger partial charge in [0.1, 0.15) is 0 Å². The van der Waals surface area contributed by atoms with Crippen LogP contribution in [0.2, 0.25) is 0 Å². The van der Waals surface area contributed by atoms with Gasteiger partial charge in [-0.1, -0.05) is 6.07 Å². The Bertz CT molecular complexity index is 1170. The predicted molar refractivity (Wildman–Crippen MR) is 123 cm³/mol. The fourth-order valence-corrected chi connectivity index (χ4v) is 4.82. The lowest BCUT2D eigenvalue weighted by atomic mass is 9.96. The second-order valence-electron chi connectivity index (χ2n) is 7.45. The maximum absolute atomic E-state index is 11.5. The van der Waals surface area contributed by atoms with Gasteiger partial charge in [-0.05, 0) is 74.1 Å². The molecule has 0 unspecified atom stereocenters. The molecule has 0 radical (unpaired) electrons. The average molecular weight is 442 g/mol. The molecule has 1 aliphatic heterocycles. The number of rotatable bonds is 5. The van der Waals surface area contributed by atoms with Crippen molar-refractivity contribution in [3.63, 3.8) is 0 Å². The smallest absolute Gasteiger partial charge is 0.229 e. The molecule has 0 aliphatic carbocycles. The molecule has 0 bridgehead atoms. The summed E-state index contributed by atoms with van der Waals surface area (Å²) in [6.45, 7) is 4.08. The third-order valence-corrected chi connectivity index (χ3v) is 5.98. The molecule has 156 valence electrons. The molecule has 3 heterocycles. The lowest BCUT2D eigenvalue weighted by Gasteiger charge is -2.28. The Balaban J connectivity index is 1.77. The Morgan fingerprint density at radius 2 is 1.87 bits per heavy atom. The van der Waals surface area contributed by atoms with E-state index in [1.165, 1.54) is 0 Å². The fraction of sp³-hybridized carbons (Fsp3) is 0.238. The van der Waals surface area contributed by atoms with E-state index in [2.05, 4.69) is 37.9 Å². The van der Waals surface area contributed by atoms with Crippen molar-refractivity contribution in [1.29, 1.82) is 0 Å².